The second-order valence-electron chi connectivity index (χ2n) is 9.09. The molecule has 2 aliphatic heterocycles. The summed E-state index contributed by atoms with van der Waals surface area (Å²) in [6, 6.07) is 14.7. The van der Waals surface area contributed by atoms with Gasteiger partial charge in [0.15, 0.2) is 5.78 Å². The van der Waals surface area contributed by atoms with Crippen LogP contribution in [0.1, 0.15) is 61.4 Å². The first kappa shape index (κ1) is 22.5. The molecule has 2 amide bonds. The Morgan fingerprint density at radius 1 is 1.06 bits per heavy atom. The van der Waals surface area contributed by atoms with Gasteiger partial charge < -0.3 is 10.6 Å². The van der Waals surface area contributed by atoms with Gasteiger partial charge in [0.1, 0.15) is 5.82 Å². The molecular formula is C26H32FN3O2. The Morgan fingerprint density at radius 2 is 1.81 bits per heavy atom. The van der Waals surface area contributed by atoms with E-state index in [0.717, 1.165) is 24.9 Å². The molecule has 2 aromatic rings. The number of Topliss-reactive ketones (excluding diaryl/α,β-unsaturated/α-hetero) is 1. The van der Waals surface area contributed by atoms with Gasteiger partial charge in [-0.1, -0.05) is 24.3 Å². The van der Waals surface area contributed by atoms with Crippen molar-refractivity contribution < 1.29 is 14.0 Å². The molecule has 6 heteroatoms. The van der Waals surface area contributed by atoms with E-state index in [-0.39, 0.29) is 17.6 Å². The van der Waals surface area contributed by atoms with E-state index in [2.05, 4.69) is 15.5 Å². The van der Waals surface area contributed by atoms with Gasteiger partial charge in [0.05, 0.1) is 0 Å². The summed E-state index contributed by atoms with van der Waals surface area (Å²) >= 11 is 0. The van der Waals surface area contributed by atoms with E-state index >= 15 is 0 Å². The van der Waals surface area contributed by atoms with Crippen LogP contribution in [0.3, 0.4) is 0 Å². The zero-order valence-electron chi connectivity index (χ0n) is 18.6. The van der Waals surface area contributed by atoms with Gasteiger partial charge in [-0.25, -0.2) is 9.18 Å². The number of amides is 2. The summed E-state index contributed by atoms with van der Waals surface area (Å²) in [6.45, 7) is 2.99. The van der Waals surface area contributed by atoms with E-state index in [1.165, 1.54) is 32.6 Å². The van der Waals surface area contributed by atoms with E-state index in [1.54, 1.807) is 36.4 Å². The Labute approximate surface area is 189 Å². The number of nitrogens with one attached hydrogen (secondary N) is 2. The number of rotatable bonds is 8. The molecule has 2 saturated heterocycles. The van der Waals surface area contributed by atoms with Gasteiger partial charge in [-0.05, 0) is 81.2 Å². The molecule has 1 aliphatic carbocycles. The lowest BCUT2D eigenvalue weighted by Crippen LogP contribution is -2.54. The number of benzene rings is 2. The molecule has 0 radical (unpaired) electrons. The molecule has 2 aromatic carbocycles. The number of nitrogens with zero attached hydrogens (tertiary/aromatic N) is 1. The van der Waals surface area contributed by atoms with Crippen LogP contribution >= 0.6 is 0 Å². The Bertz CT molecular complexity index is 938. The molecule has 5 nitrogen and oxygen atoms in total. The van der Waals surface area contributed by atoms with Crippen LogP contribution in [-0.2, 0) is 6.54 Å². The molecule has 0 aromatic heterocycles. The minimum Gasteiger partial charge on any atom is -0.338 e. The third-order valence-corrected chi connectivity index (χ3v) is 6.95. The van der Waals surface area contributed by atoms with Crippen LogP contribution in [0.15, 0.2) is 48.5 Å². The second-order valence-corrected chi connectivity index (χ2v) is 9.09. The smallest absolute Gasteiger partial charge is 0.319 e. The molecule has 0 spiro atoms. The fourth-order valence-electron chi connectivity index (χ4n) is 5.31. The van der Waals surface area contributed by atoms with Crippen molar-refractivity contribution in [3.63, 3.8) is 0 Å². The van der Waals surface area contributed by atoms with Gasteiger partial charge in [-0.3, -0.25) is 9.69 Å². The topological polar surface area (TPSA) is 61.4 Å². The molecule has 1 unspecified atom stereocenters. The number of carbonyl (C=O) groups excluding carboxylic acids is 2. The van der Waals surface area contributed by atoms with Crippen molar-refractivity contribution in [1.82, 2.24) is 10.2 Å². The summed E-state index contributed by atoms with van der Waals surface area (Å²) in [5, 5.41) is 5.74. The quantitative estimate of drug-likeness (QED) is 0.431. The number of fused-ring (bicyclic) bond motifs is 3. The van der Waals surface area contributed by atoms with E-state index in [0.29, 0.717) is 35.8 Å². The van der Waals surface area contributed by atoms with Crippen LogP contribution < -0.4 is 10.6 Å². The maximum Gasteiger partial charge on any atom is 0.319 e. The first-order chi connectivity index (χ1) is 15.5. The summed E-state index contributed by atoms with van der Waals surface area (Å²) in [5.41, 5.74) is 2.36. The average Bonchev–Trinajstić information content (AvgIpc) is 2.80. The van der Waals surface area contributed by atoms with Crippen LogP contribution in [0, 0.1) is 11.7 Å². The number of hydrogen-bond acceptors (Lipinski definition) is 3. The molecule has 1 atom stereocenters. The van der Waals surface area contributed by atoms with E-state index < -0.39 is 0 Å². The number of carbonyl (C=O) groups is 2. The molecule has 2 N–H and O–H groups in total. The highest BCUT2D eigenvalue weighted by molar-refractivity contribution is 5.96. The highest BCUT2D eigenvalue weighted by Gasteiger charge is 2.40. The zero-order chi connectivity index (χ0) is 22.5. The van der Waals surface area contributed by atoms with Crippen LogP contribution in [-0.4, -0.2) is 35.3 Å². The van der Waals surface area contributed by atoms with Crippen molar-refractivity contribution in [2.75, 3.05) is 11.9 Å². The Balaban J connectivity index is 1.27. The molecule has 1 saturated carbocycles. The molecule has 5 rings (SSSR count). The van der Waals surface area contributed by atoms with Crippen LogP contribution in [0.25, 0.3) is 0 Å². The third kappa shape index (κ3) is 5.54. The molecule has 3 fully saturated rings. The van der Waals surface area contributed by atoms with Crippen molar-refractivity contribution in [2.24, 2.45) is 5.92 Å². The van der Waals surface area contributed by atoms with Crippen molar-refractivity contribution >= 4 is 17.5 Å². The van der Waals surface area contributed by atoms with Crippen LogP contribution in [0.5, 0.6) is 0 Å². The monoisotopic (exact) mass is 437 g/mol. The van der Waals surface area contributed by atoms with Crippen molar-refractivity contribution in [2.45, 2.75) is 64.1 Å². The predicted molar refractivity (Wildman–Crippen MR) is 124 cm³/mol. The highest BCUT2D eigenvalue weighted by atomic mass is 19.1. The normalized spacial score (nSPS) is 22.5. The Hall–Kier alpha value is -2.73. The maximum absolute atomic E-state index is 13.3. The Kier molecular flexibility index (Phi) is 7.20. The van der Waals surface area contributed by atoms with E-state index in [4.69, 9.17) is 0 Å². The van der Waals surface area contributed by atoms with Crippen molar-refractivity contribution in [3.05, 3.63) is 65.5 Å². The molecular weight excluding hydrogens is 405 g/mol. The standard InChI is InChI=1S/C26H32FN3O2/c1-18(31)21-4-2-5-23(16-21)29-26(32)28-15-3-6-25-20-9-13-24(14-10-20)30(25)17-19-7-11-22(27)12-8-19/h2,4-5,7-8,11-12,16,20,24-25H,3,6,9-10,13-15,17H2,1H3,(H2,28,29,32). The van der Waals surface area contributed by atoms with Gasteiger partial charge in [0.2, 0.25) is 0 Å². The number of hydrogen-bond donors (Lipinski definition) is 2. The molecule has 32 heavy (non-hydrogen) atoms. The summed E-state index contributed by atoms with van der Waals surface area (Å²) in [5.74, 6) is 0.493. The summed E-state index contributed by atoms with van der Waals surface area (Å²) in [6.07, 6.45) is 7.03. The largest absolute Gasteiger partial charge is 0.338 e. The van der Waals surface area contributed by atoms with Crippen molar-refractivity contribution in [1.29, 1.82) is 0 Å². The van der Waals surface area contributed by atoms with E-state index in [9.17, 15) is 14.0 Å². The van der Waals surface area contributed by atoms with Gasteiger partial charge >= 0.3 is 6.03 Å². The first-order valence-corrected chi connectivity index (χ1v) is 11.7. The lowest BCUT2D eigenvalue weighted by Gasteiger charge is -2.52. The maximum atomic E-state index is 13.3. The van der Waals surface area contributed by atoms with Gasteiger partial charge in [-0.15, -0.1) is 0 Å². The summed E-state index contributed by atoms with van der Waals surface area (Å²) in [7, 11) is 0. The van der Waals surface area contributed by atoms with Crippen molar-refractivity contribution in [3.8, 4) is 0 Å². The lowest BCUT2D eigenvalue weighted by atomic mass is 9.73. The minimum absolute atomic E-state index is 0.0268. The fourth-order valence-corrected chi connectivity index (χ4v) is 5.31. The van der Waals surface area contributed by atoms with Gasteiger partial charge in [-0.2, -0.15) is 0 Å². The molecule has 3 aliphatic rings. The Morgan fingerprint density at radius 3 is 2.53 bits per heavy atom. The highest BCUT2D eigenvalue weighted by Crippen LogP contribution is 2.42. The predicted octanol–water partition coefficient (Wildman–Crippen LogP) is 5.37. The third-order valence-electron chi connectivity index (χ3n) is 6.95. The SMILES string of the molecule is CC(=O)c1cccc(NC(=O)NCCCC2C3CCC(CC3)N2Cc2ccc(F)cc2)c1. The fraction of sp³-hybridized carbons (Fsp3) is 0.462. The lowest BCUT2D eigenvalue weighted by molar-refractivity contribution is -0.0230. The number of anilines is 1. The van der Waals surface area contributed by atoms with Gasteiger partial charge in [0.25, 0.3) is 0 Å². The number of urea groups is 1. The zero-order valence-corrected chi connectivity index (χ0v) is 18.6. The number of halogens is 1. The van der Waals surface area contributed by atoms with Crippen LogP contribution in [0.4, 0.5) is 14.9 Å². The summed E-state index contributed by atoms with van der Waals surface area (Å²) in [4.78, 5) is 26.4. The second kappa shape index (κ2) is 10.3. The van der Waals surface area contributed by atoms with E-state index in [1.807, 2.05) is 12.1 Å². The molecule has 2 bridgehead atoms. The minimum atomic E-state index is -0.251. The molecule has 2 heterocycles. The van der Waals surface area contributed by atoms with Gasteiger partial charge in [0, 0.05) is 36.4 Å². The number of piperidine rings is 2. The first-order valence-electron chi connectivity index (χ1n) is 11.7. The average molecular weight is 438 g/mol. The number of ketones is 1. The van der Waals surface area contributed by atoms with Crippen LogP contribution in [0.2, 0.25) is 0 Å². The summed E-state index contributed by atoms with van der Waals surface area (Å²) < 4.78 is 13.3. The molecule has 170 valence electrons.